The number of sulfonamides is 1. The smallest absolute Gasteiger partial charge is 0.355 e. The normalized spacial score (nSPS) is 14.1. The van der Waals surface area contributed by atoms with Crippen molar-refractivity contribution in [3.05, 3.63) is 94.5 Å². The Morgan fingerprint density at radius 3 is 2.07 bits per heavy atom. The summed E-state index contributed by atoms with van der Waals surface area (Å²) in [6.45, 7) is 5.27. The lowest BCUT2D eigenvalue weighted by Gasteiger charge is -2.34. The predicted octanol–water partition coefficient (Wildman–Crippen LogP) is 5.95. The van der Waals surface area contributed by atoms with Gasteiger partial charge in [0.25, 0.3) is 0 Å². The fraction of sp³-hybridized carbons (Fsp3) is 0.310. The van der Waals surface area contributed by atoms with Crippen molar-refractivity contribution < 1.29 is 31.2 Å². The molecule has 1 aliphatic heterocycles. The van der Waals surface area contributed by atoms with E-state index in [4.69, 9.17) is 11.6 Å². The topological polar surface area (TPSA) is 98.8 Å². The number of halogens is 4. The van der Waals surface area contributed by atoms with Crippen molar-refractivity contribution in [3.8, 4) is 0 Å². The van der Waals surface area contributed by atoms with Gasteiger partial charge in [-0.1, -0.05) is 61.8 Å². The zero-order valence-corrected chi connectivity index (χ0v) is 24.6. The second-order valence-corrected chi connectivity index (χ2v) is 12.1. The summed E-state index contributed by atoms with van der Waals surface area (Å²) in [4.78, 5) is 23.6. The maximum Gasteiger partial charge on any atom is 0.416 e. The van der Waals surface area contributed by atoms with Crippen LogP contribution in [0.2, 0.25) is 5.02 Å². The number of benzene rings is 3. The number of hydrogen-bond acceptors (Lipinski definition) is 4. The van der Waals surface area contributed by atoms with Crippen LogP contribution in [0.15, 0.2) is 77.7 Å². The highest BCUT2D eigenvalue weighted by atomic mass is 35.5. The number of urea groups is 1. The molecule has 1 aliphatic rings. The highest BCUT2D eigenvalue weighted by Crippen LogP contribution is 2.30. The first-order valence-corrected chi connectivity index (χ1v) is 14.9. The van der Waals surface area contributed by atoms with E-state index in [-0.39, 0.29) is 31.1 Å². The molecule has 8 nitrogen and oxygen atoms in total. The fourth-order valence-corrected chi connectivity index (χ4v) is 5.64. The first-order valence-electron chi connectivity index (χ1n) is 13.1. The average Bonchev–Trinajstić information content (AvgIpc) is 2.97. The van der Waals surface area contributed by atoms with Crippen molar-refractivity contribution in [2.75, 3.05) is 31.5 Å². The summed E-state index contributed by atoms with van der Waals surface area (Å²) < 4.78 is 64.5. The number of nitrogens with one attached hydrogen (secondary N) is 2. The number of rotatable bonds is 7. The Kier molecular flexibility index (Phi) is 11.4. The number of piperazine rings is 1. The van der Waals surface area contributed by atoms with Gasteiger partial charge in [0.05, 0.1) is 21.2 Å². The van der Waals surface area contributed by atoms with Crippen LogP contribution in [-0.4, -0.2) is 56.2 Å². The Morgan fingerprint density at radius 2 is 1.55 bits per heavy atom. The fourth-order valence-electron chi connectivity index (χ4n) is 4.03. The van der Waals surface area contributed by atoms with E-state index in [0.29, 0.717) is 23.2 Å². The number of nitrogens with zero attached hydrogens (tertiary/aromatic N) is 2. The molecule has 0 aromatic heterocycles. The minimum Gasteiger partial charge on any atom is -0.355 e. The maximum atomic E-state index is 12.7. The average molecular weight is 625 g/mol. The maximum absolute atomic E-state index is 12.7. The summed E-state index contributed by atoms with van der Waals surface area (Å²) in [5.41, 5.74) is 1.99. The van der Waals surface area contributed by atoms with Gasteiger partial charge in [0.15, 0.2) is 0 Å². The molecule has 1 fully saturated rings. The molecule has 0 spiro atoms. The van der Waals surface area contributed by atoms with Crippen LogP contribution in [0.4, 0.5) is 23.7 Å². The molecule has 0 radical (unpaired) electrons. The summed E-state index contributed by atoms with van der Waals surface area (Å²) in [6.07, 6.45) is -3.82. The van der Waals surface area contributed by atoms with Crippen LogP contribution in [0.1, 0.15) is 36.5 Å². The zero-order valence-electron chi connectivity index (χ0n) is 23.1. The third-order valence-corrected chi connectivity index (χ3v) is 8.74. The van der Waals surface area contributed by atoms with Gasteiger partial charge >= 0.3 is 12.2 Å². The van der Waals surface area contributed by atoms with Crippen LogP contribution in [0.5, 0.6) is 0 Å². The molecular weight excluding hydrogens is 593 g/mol. The number of hydrogen-bond donors (Lipinski definition) is 2. The largest absolute Gasteiger partial charge is 0.416 e. The van der Waals surface area contributed by atoms with Crippen molar-refractivity contribution in [1.29, 1.82) is 0 Å². The van der Waals surface area contributed by atoms with Gasteiger partial charge in [-0.15, -0.1) is 0 Å². The summed E-state index contributed by atoms with van der Waals surface area (Å²) in [5.74, 6) is 0.563. The van der Waals surface area contributed by atoms with E-state index in [1.807, 2.05) is 12.1 Å². The third kappa shape index (κ3) is 8.94. The van der Waals surface area contributed by atoms with Crippen LogP contribution >= 0.6 is 11.6 Å². The van der Waals surface area contributed by atoms with E-state index < -0.39 is 27.8 Å². The molecule has 1 saturated heterocycles. The summed E-state index contributed by atoms with van der Waals surface area (Å²) in [6, 6.07) is 18.0. The Balaban J connectivity index is 0.000000312. The van der Waals surface area contributed by atoms with Crippen LogP contribution in [0, 0.1) is 0 Å². The van der Waals surface area contributed by atoms with Crippen LogP contribution < -0.4 is 10.6 Å². The van der Waals surface area contributed by atoms with Gasteiger partial charge < -0.3 is 15.5 Å². The second-order valence-electron chi connectivity index (χ2n) is 9.72. The third-order valence-electron chi connectivity index (χ3n) is 6.50. The molecule has 13 heteroatoms. The molecule has 4 rings (SSSR count). The van der Waals surface area contributed by atoms with Crippen molar-refractivity contribution in [3.63, 3.8) is 0 Å². The quantitative estimate of drug-likeness (QED) is 0.317. The standard InChI is InChI=1S/C18H17ClF3N3O3S.C11H15NO/c19-15-3-1-2-4-16(15)23-17(26)24-9-11-25(12-10-24)29(27,28)14-7-5-13(6-8-14)18(20,21)22;1-9(2)11-5-3-10(4-6-11)7-12-8-13/h1-8H,9-12H2,(H,23,26);3-6,8-9H,7H2,1-2H3,(H,12,13). The molecule has 0 aliphatic carbocycles. The Bertz CT molecular complexity index is 1440. The predicted molar refractivity (Wildman–Crippen MR) is 156 cm³/mol. The first kappa shape index (κ1) is 32.9. The summed E-state index contributed by atoms with van der Waals surface area (Å²) in [7, 11) is -3.95. The Morgan fingerprint density at radius 1 is 0.952 bits per heavy atom. The van der Waals surface area contributed by atoms with Gasteiger partial charge in [0.1, 0.15) is 0 Å². The molecule has 42 heavy (non-hydrogen) atoms. The lowest BCUT2D eigenvalue weighted by molar-refractivity contribution is -0.137. The second kappa shape index (κ2) is 14.5. The molecule has 3 aromatic rings. The molecular formula is C29H32ClF3N4O4S. The van der Waals surface area contributed by atoms with Crippen molar-refractivity contribution >= 4 is 39.8 Å². The number of carbonyl (C=O) groups excluding carboxylic acids is 2. The van der Waals surface area contributed by atoms with Crippen molar-refractivity contribution in [2.24, 2.45) is 0 Å². The first-order chi connectivity index (χ1) is 19.8. The number of para-hydroxylation sites is 1. The van der Waals surface area contributed by atoms with Gasteiger partial charge in [0, 0.05) is 32.7 Å². The van der Waals surface area contributed by atoms with E-state index in [9.17, 15) is 31.2 Å². The lowest BCUT2D eigenvalue weighted by atomic mass is 10.0. The minimum atomic E-state index is -4.54. The molecule has 0 unspecified atom stereocenters. The van der Waals surface area contributed by atoms with Gasteiger partial charge in [-0.25, -0.2) is 13.2 Å². The molecule has 226 valence electrons. The number of amides is 3. The Hall–Kier alpha value is -3.61. The van der Waals surface area contributed by atoms with Crippen molar-refractivity contribution in [2.45, 2.75) is 37.4 Å². The van der Waals surface area contributed by atoms with E-state index in [0.717, 1.165) is 40.5 Å². The molecule has 0 atom stereocenters. The van der Waals surface area contributed by atoms with Crippen LogP contribution in [0.25, 0.3) is 0 Å². The minimum absolute atomic E-state index is 0.0271. The molecule has 0 saturated carbocycles. The summed E-state index contributed by atoms with van der Waals surface area (Å²) >= 11 is 6.01. The molecule has 2 N–H and O–H groups in total. The summed E-state index contributed by atoms with van der Waals surface area (Å²) in [5, 5.41) is 5.68. The van der Waals surface area contributed by atoms with Crippen molar-refractivity contribution in [1.82, 2.24) is 14.5 Å². The SMILES string of the molecule is CC(C)c1ccc(CNC=O)cc1.O=C(Nc1ccccc1Cl)N1CCN(S(=O)(=O)c2ccc(C(F)(F)F)cc2)CC1. The monoisotopic (exact) mass is 624 g/mol. The number of alkyl halides is 3. The number of anilines is 1. The lowest BCUT2D eigenvalue weighted by Crippen LogP contribution is -2.51. The molecule has 0 bridgehead atoms. The van der Waals surface area contributed by atoms with Crippen LogP contribution in [-0.2, 0) is 27.5 Å². The van der Waals surface area contributed by atoms with E-state index >= 15 is 0 Å². The van der Waals surface area contributed by atoms with E-state index in [1.165, 1.54) is 10.5 Å². The molecule has 3 aromatic carbocycles. The Labute approximate surface area is 248 Å². The van der Waals surface area contributed by atoms with E-state index in [2.05, 4.69) is 36.6 Å². The van der Waals surface area contributed by atoms with Gasteiger partial charge in [-0.05, 0) is 53.4 Å². The number of carbonyl (C=O) groups is 2. The highest BCUT2D eigenvalue weighted by molar-refractivity contribution is 7.89. The van der Waals surface area contributed by atoms with Gasteiger partial charge in [-0.2, -0.15) is 17.5 Å². The van der Waals surface area contributed by atoms with Gasteiger partial charge in [0.2, 0.25) is 16.4 Å². The molecule has 3 amide bonds. The van der Waals surface area contributed by atoms with E-state index in [1.54, 1.807) is 24.3 Å². The van der Waals surface area contributed by atoms with Crippen LogP contribution in [0.3, 0.4) is 0 Å². The molecule has 1 heterocycles. The highest BCUT2D eigenvalue weighted by Gasteiger charge is 2.33. The van der Waals surface area contributed by atoms with Gasteiger partial charge in [-0.3, -0.25) is 4.79 Å². The zero-order chi connectivity index (χ0) is 30.9.